The number of aliphatic imine (C=N–C) groups is 1. The molecule has 2 rings (SSSR count). The quantitative estimate of drug-likeness (QED) is 0.687. The van der Waals surface area contributed by atoms with E-state index in [1.807, 2.05) is 0 Å². The summed E-state index contributed by atoms with van der Waals surface area (Å²) in [5.74, 6) is -0.893. The number of nitrogens with zero attached hydrogens (tertiary/aromatic N) is 1. The Morgan fingerprint density at radius 3 is 2.43 bits per heavy atom. The predicted molar refractivity (Wildman–Crippen MR) is 75.3 cm³/mol. The Kier molecular flexibility index (Phi) is 4.78. The van der Waals surface area contributed by atoms with Crippen molar-refractivity contribution in [3.63, 3.8) is 0 Å². The second-order valence-electron chi connectivity index (χ2n) is 4.28. The van der Waals surface area contributed by atoms with Crippen LogP contribution in [0.15, 0.2) is 53.5 Å². The molecule has 1 amide bonds. The molecule has 8 heteroatoms. The van der Waals surface area contributed by atoms with Gasteiger partial charge in [-0.15, -0.1) is 13.2 Å². The largest absolute Gasteiger partial charge is 0.573 e. The van der Waals surface area contributed by atoms with Crippen molar-refractivity contribution < 1.29 is 27.5 Å². The van der Waals surface area contributed by atoms with Crippen molar-refractivity contribution in [3.8, 4) is 5.75 Å². The van der Waals surface area contributed by atoms with E-state index in [0.717, 1.165) is 12.1 Å². The molecule has 0 radical (unpaired) electrons. The molecular weight excluding hydrogens is 313 g/mol. The first-order chi connectivity index (χ1) is 10.9. The Hall–Kier alpha value is -3.12. The van der Waals surface area contributed by atoms with Crippen LogP contribution in [-0.4, -0.2) is 18.3 Å². The maximum Gasteiger partial charge on any atom is 0.573 e. The van der Waals surface area contributed by atoms with Gasteiger partial charge >= 0.3 is 6.36 Å². The molecule has 0 saturated heterocycles. The average Bonchev–Trinajstić information content (AvgIpc) is 2.48. The van der Waals surface area contributed by atoms with Crippen LogP contribution in [0.1, 0.15) is 10.4 Å². The normalized spacial score (nSPS) is 10.6. The van der Waals surface area contributed by atoms with Gasteiger partial charge in [0.15, 0.2) is 0 Å². The van der Waals surface area contributed by atoms with E-state index in [2.05, 4.69) is 15.0 Å². The number of carbonyl (C=O) groups is 1. The maximum atomic E-state index is 12.0. The third-order valence-corrected chi connectivity index (χ3v) is 2.63. The van der Waals surface area contributed by atoms with E-state index >= 15 is 0 Å². The predicted octanol–water partition coefficient (Wildman–Crippen LogP) is 3.80. The van der Waals surface area contributed by atoms with Gasteiger partial charge in [-0.05, 0) is 42.5 Å². The van der Waals surface area contributed by atoms with Gasteiger partial charge in [-0.25, -0.2) is 4.79 Å². The summed E-state index contributed by atoms with van der Waals surface area (Å²) in [6, 6.07) is 10.6. The molecule has 5 nitrogen and oxygen atoms in total. The number of nitrogens with one attached hydrogen (secondary N) is 1. The van der Waals surface area contributed by atoms with Gasteiger partial charge in [-0.1, -0.05) is 6.07 Å². The van der Waals surface area contributed by atoms with Crippen molar-refractivity contribution >= 4 is 23.4 Å². The molecule has 0 aromatic heterocycles. The molecule has 118 valence electrons. The van der Waals surface area contributed by atoms with Crippen LogP contribution in [0.3, 0.4) is 0 Å². The van der Waals surface area contributed by atoms with E-state index in [0.29, 0.717) is 0 Å². The van der Waals surface area contributed by atoms with Gasteiger partial charge in [0, 0.05) is 11.3 Å². The Morgan fingerprint density at radius 1 is 1.13 bits per heavy atom. The van der Waals surface area contributed by atoms with Crippen LogP contribution in [0.2, 0.25) is 0 Å². The van der Waals surface area contributed by atoms with Gasteiger partial charge in [0.1, 0.15) is 5.75 Å². The molecule has 2 aromatic carbocycles. The molecule has 0 aliphatic carbocycles. The Morgan fingerprint density at radius 2 is 1.83 bits per heavy atom. The van der Waals surface area contributed by atoms with Crippen LogP contribution < -0.4 is 10.1 Å². The highest BCUT2D eigenvalue weighted by atomic mass is 19.4. The topological polar surface area (TPSA) is 67.8 Å². The van der Waals surface area contributed by atoms with E-state index in [-0.39, 0.29) is 16.9 Å². The van der Waals surface area contributed by atoms with Crippen molar-refractivity contribution in [2.75, 3.05) is 5.32 Å². The summed E-state index contributed by atoms with van der Waals surface area (Å²) in [5.41, 5.74) is 0.785. The summed E-state index contributed by atoms with van der Waals surface area (Å²) in [6.07, 6.45) is -3.41. The summed E-state index contributed by atoms with van der Waals surface area (Å²) in [7, 11) is 0. The van der Waals surface area contributed by atoms with Gasteiger partial charge in [0.2, 0.25) is 6.08 Å². The number of carbonyl (C=O) groups excluding carboxylic acids is 2. The minimum absolute atomic E-state index is 0.233. The van der Waals surface area contributed by atoms with E-state index in [1.165, 1.54) is 42.5 Å². The Balaban J connectivity index is 2.08. The van der Waals surface area contributed by atoms with E-state index in [9.17, 15) is 22.8 Å². The number of rotatable bonds is 4. The molecule has 23 heavy (non-hydrogen) atoms. The van der Waals surface area contributed by atoms with Crippen molar-refractivity contribution in [1.82, 2.24) is 0 Å². The van der Waals surface area contributed by atoms with Crippen molar-refractivity contribution in [2.24, 2.45) is 4.99 Å². The monoisotopic (exact) mass is 322 g/mol. The van der Waals surface area contributed by atoms with E-state index < -0.39 is 18.0 Å². The number of ether oxygens (including phenoxy) is 1. The van der Waals surface area contributed by atoms with Crippen molar-refractivity contribution in [2.45, 2.75) is 6.36 Å². The van der Waals surface area contributed by atoms with Gasteiger partial charge < -0.3 is 10.1 Å². The van der Waals surface area contributed by atoms with Crippen LogP contribution in [0.25, 0.3) is 0 Å². The molecule has 0 bridgehead atoms. The van der Waals surface area contributed by atoms with Crippen LogP contribution in [-0.2, 0) is 4.79 Å². The third-order valence-electron chi connectivity index (χ3n) is 2.63. The number of halogens is 3. The van der Waals surface area contributed by atoms with Gasteiger partial charge in [-0.2, -0.15) is 4.99 Å². The van der Waals surface area contributed by atoms with Gasteiger partial charge in [0.25, 0.3) is 5.91 Å². The molecule has 0 unspecified atom stereocenters. The zero-order chi connectivity index (χ0) is 16.9. The second kappa shape index (κ2) is 6.76. The maximum absolute atomic E-state index is 12.0. The highest BCUT2D eigenvalue weighted by Crippen LogP contribution is 2.24. The lowest BCUT2D eigenvalue weighted by Gasteiger charge is -2.10. The number of hydrogen-bond donors (Lipinski definition) is 1. The fourth-order valence-corrected chi connectivity index (χ4v) is 1.71. The summed E-state index contributed by atoms with van der Waals surface area (Å²) >= 11 is 0. The minimum Gasteiger partial charge on any atom is -0.406 e. The Bertz CT molecular complexity index is 751. The highest BCUT2D eigenvalue weighted by Gasteiger charge is 2.30. The SMILES string of the molecule is O=C=Nc1cccc(C(=O)Nc2ccc(OC(F)(F)F)cc2)c1. The zero-order valence-corrected chi connectivity index (χ0v) is 11.4. The summed E-state index contributed by atoms with van der Waals surface area (Å²) in [6.45, 7) is 0. The third kappa shape index (κ3) is 4.98. The second-order valence-corrected chi connectivity index (χ2v) is 4.28. The van der Waals surface area contributed by atoms with Crippen LogP contribution in [0.4, 0.5) is 24.5 Å². The molecule has 0 saturated carbocycles. The first kappa shape index (κ1) is 16.3. The summed E-state index contributed by atoms with van der Waals surface area (Å²) < 4.78 is 39.9. The van der Waals surface area contributed by atoms with Crippen LogP contribution in [0, 0.1) is 0 Å². The molecule has 0 spiro atoms. The molecular formula is C15H9F3N2O3. The van der Waals surface area contributed by atoms with Gasteiger partial charge in [0.05, 0.1) is 5.69 Å². The standard InChI is InChI=1S/C15H9F3N2O3/c16-15(17,18)23-13-6-4-11(5-7-13)20-14(22)10-2-1-3-12(8-10)19-9-21/h1-8H,(H,20,22). The fraction of sp³-hybridized carbons (Fsp3) is 0.0667. The van der Waals surface area contributed by atoms with Crippen LogP contribution >= 0.6 is 0 Å². The zero-order valence-electron chi connectivity index (χ0n) is 11.4. The van der Waals surface area contributed by atoms with Gasteiger partial charge in [-0.3, -0.25) is 4.79 Å². The number of benzene rings is 2. The smallest absolute Gasteiger partial charge is 0.406 e. The van der Waals surface area contributed by atoms with E-state index in [1.54, 1.807) is 0 Å². The lowest BCUT2D eigenvalue weighted by atomic mass is 10.2. The summed E-state index contributed by atoms with van der Waals surface area (Å²) in [4.78, 5) is 25.6. The lowest BCUT2D eigenvalue weighted by Crippen LogP contribution is -2.17. The first-order valence-electron chi connectivity index (χ1n) is 6.22. The van der Waals surface area contributed by atoms with Crippen LogP contribution in [0.5, 0.6) is 5.75 Å². The number of amides is 1. The molecule has 0 aliphatic heterocycles. The average molecular weight is 322 g/mol. The molecule has 0 fully saturated rings. The number of isocyanates is 1. The molecule has 1 N–H and O–H groups in total. The molecule has 0 aliphatic rings. The number of hydrogen-bond acceptors (Lipinski definition) is 4. The Labute approximate surface area is 128 Å². The van der Waals surface area contributed by atoms with Crippen molar-refractivity contribution in [1.29, 1.82) is 0 Å². The minimum atomic E-state index is -4.77. The van der Waals surface area contributed by atoms with Crippen molar-refractivity contribution in [3.05, 3.63) is 54.1 Å². The van der Waals surface area contributed by atoms with E-state index in [4.69, 9.17) is 0 Å². The number of alkyl halides is 3. The summed E-state index contributed by atoms with van der Waals surface area (Å²) in [5, 5.41) is 2.50. The molecule has 0 atom stereocenters. The lowest BCUT2D eigenvalue weighted by molar-refractivity contribution is -0.274. The molecule has 0 heterocycles. The fourth-order valence-electron chi connectivity index (χ4n) is 1.71. The molecule has 2 aromatic rings. The highest BCUT2D eigenvalue weighted by molar-refractivity contribution is 6.04. The first-order valence-corrected chi connectivity index (χ1v) is 6.22. The number of anilines is 1.